The number of phenols is 1. The Kier molecular flexibility index (Phi) is 5.77. The maximum absolute atomic E-state index is 13.0. The van der Waals surface area contributed by atoms with Crippen LogP contribution in [-0.4, -0.2) is 31.4 Å². The molecule has 0 spiro atoms. The molecule has 7 nitrogen and oxygen atoms in total. The zero-order chi connectivity index (χ0) is 21.1. The summed E-state index contributed by atoms with van der Waals surface area (Å²) in [7, 11) is 0. The van der Waals surface area contributed by atoms with Crippen molar-refractivity contribution in [2.24, 2.45) is 0 Å². The number of aromatic nitrogens is 4. The Balaban J connectivity index is 1.39. The monoisotopic (exact) mass is 441 g/mol. The van der Waals surface area contributed by atoms with Crippen molar-refractivity contribution in [1.82, 2.24) is 20.4 Å². The molecule has 4 aromatic rings. The van der Waals surface area contributed by atoms with E-state index in [-0.39, 0.29) is 17.3 Å². The Labute approximate surface area is 179 Å². The maximum atomic E-state index is 13.0. The average Bonchev–Trinajstić information content (AvgIpc) is 3.39. The number of para-hydroxylation sites is 1. The fourth-order valence-electron chi connectivity index (χ4n) is 2.65. The molecule has 0 aliphatic carbocycles. The predicted molar refractivity (Wildman–Crippen MR) is 114 cm³/mol. The van der Waals surface area contributed by atoms with Gasteiger partial charge in [-0.05, 0) is 42.3 Å². The van der Waals surface area contributed by atoms with Gasteiger partial charge in [0.05, 0.1) is 5.69 Å². The van der Waals surface area contributed by atoms with E-state index in [0.717, 1.165) is 11.1 Å². The molecule has 0 atom stereocenters. The van der Waals surface area contributed by atoms with Crippen molar-refractivity contribution in [1.29, 1.82) is 0 Å². The molecule has 2 heterocycles. The maximum Gasteiger partial charge on any atom is 0.275 e. The van der Waals surface area contributed by atoms with Gasteiger partial charge in [-0.15, -0.1) is 10.2 Å². The number of anilines is 1. The minimum atomic E-state index is -0.410. The SMILES string of the molecule is Cc1cccc(-c2cc(C(=O)Nc3nnc(SCc4ccc(F)cc4)s3)[nH]n2)c1O. The highest BCUT2D eigenvalue weighted by molar-refractivity contribution is 8.00. The molecular formula is C20H16FN5O2S2. The lowest BCUT2D eigenvalue weighted by molar-refractivity contribution is 0.102. The van der Waals surface area contributed by atoms with Crippen molar-refractivity contribution in [3.05, 3.63) is 71.2 Å². The molecule has 4 rings (SSSR count). The van der Waals surface area contributed by atoms with Gasteiger partial charge in [-0.1, -0.05) is 47.4 Å². The third-order valence-electron chi connectivity index (χ3n) is 4.24. The first-order chi connectivity index (χ1) is 14.5. The summed E-state index contributed by atoms with van der Waals surface area (Å²) in [6, 6.07) is 13.2. The second-order valence-corrected chi connectivity index (χ2v) is 8.58. The number of hydrogen-bond donors (Lipinski definition) is 3. The number of H-pyrrole nitrogens is 1. The van der Waals surface area contributed by atoms with Crippen LogP contribution in [-0.2, 0) is 5.75 Å². The minimum Gasteiger partial charge on any atom is -0.507 e. The van der Waals surface area contributed by atoms with Crippen LogP contribution in [0.4, 0.5) is 9.52 Å². The number of aromatic amines is 1. The van der Waals surface area contributed by atoms with Crippen molar-refractivity contribution in [2.45, 2.75) is 17.0 Å². The Bertz CT molecular complexity index is 1190. The van der Waals surface area contributed by atoms with Crippen molar-refractivity contribution >= 4 is 34.1 Å². The Hall–Kier alpha value is -3.24. The fraction of sp³-hybridized carbons (Fsp3) is 0.100. The molecule has 3 N–H and O–H groups in total. The summed E-state index contributed by atoms with van der Waals surface area (Å²) >= 11 is 2.70. The smallest absolute Gasteiger partial charge is 0.275 e. The first-order valence-corrected chi connectivity index (χ1v) is 10.7. The van der Waals surface area contributed by atoms with Crippen LogP contribution in [0.3, 0.4) is 0 Å². The van der Waals surface area contributed by atoms with Gasteiger partial charge in [-0.25, -0.2) is 4.39 Å². The number of halogens is 1. The molecule has 2 aromatic carbocycles. The van der Waals surface area contributed by atoms with Crippen LogP contribution in [0.15, 0.2) is 52.9 Å². The fourth-order valence-corrected chi connectivity index (χ4v) is 4.35. The molecule has 0 saturated carbocycles. The van der Waals surface area contributed by atoms with Crippen LogP contribution in [0.2, 0.25) is 0 Å². The largest absolute Gasteiger partial charge is 0.507 e. The van der Waals surface area contributed by atoms with Gasteiger partial charge in [0.15, 0.2) is 4.34 Å². The van der Waals surface area contributed by atoms with Crippen molar-refractivity contribution in [3.63, 3.8) is 0 Å². The van der Waals surface area contributed by atoms with Gasteiger partial charge in [-0.2, -0.15) is 5.10 Å². The van der Waals surface area contributed by atoms with E-state index in [0.29, 0.717) is 26.5 Å². The summed E-state index contributed by atoms with van der Waals surface area (Å²) in [4.78, 5) is 12.5. The molecule has 0 bridgehead atoms. The van der Waals surface area contributed by atoms with Gasteiger partial charge in [-0.3, -0.25) is 15.2 Å². The van der Waals surface area contributed by atoms with Gasteiger partial charge in [0.2, 0.25) is 5.13 Å². The van der Waals surface area contributed by atoms with Crippen LogP contribution in [0.25, 0.3) is 11.3 Å². The lowest BCUT2D eigenvalue weighted by atomic mass is 10.1. The highest BCUT2D eigenvalue weighted by Gasteiger charge is 2.16. The van der Waals surface area contributed by atoms with Crippen molar-refractivity contribution < 1.29 is 14.3 Å². The Morgan fingerprint density at radius 3 is 2.83 bits per heavy atom. The van der Waals surface area contributed by atoms with Crippen molar-refractivity contribution in [2.75, 3.05) is 5.32 Å². The average molecular weight is 442 g/mol. The molecule has 0 unspecified atom stereocenters. The summed E-state index contributed by atoms with van der Waals surface area (Å²) in [5.41, 5.74) is 2.93. The lowest BCUT2D eigenvalue weighted by Gasteiger charge is -2.03. The quantitative estimate of drug-likeness (QED) is 0.298. The van der Waals surface area contributed by atoms with E-state index in [1.807, 2.05) is 6.07 Å². The highest BCUT2D eigenvalue weighted by Crippen LogP contribution is 2.31. The number of aromatic hydroxyl groups is 1. The summed E-state index contributed by atoms with van der Waals surface area (Å²) in [5.74, 6) is 0.0616. The molecule has 30 heavy (non-hydrogen) atoms. The van der Waals surface area contributed by atoms with Crippen LogP contribution in [0, 0.1) is 12.7 Å². The molecule has 2 aromatic heterocycles. The molecule has 0 aliphatic heterocycles. The van der Waals surface area contributed by atoms with E-state index in [2.05, 4.69) is 25.7 Å². The topological polar surface area (TPSA) is 104 Å². The van der Waals surface area contributed by atoms with Gasteiger partial charge < -0.3 is 5.11 Å². The first-order valence-electron chi connectivity index (χ1n) is 8.86. The third-order valence-corrected chi connectivity index (χ3v) is 6.28. The standard InChI is InChI=1S/C20H16FN5O2S2/c1-11-3-2-4-14(17(11)27)15-9-16(24-23-15)18(28)22-19-25-26-20(30-19)29-10-12-5-7-13(21)8-6-12/h2-9,27H,10H2,1H3,(H,23,24)(H,22,25,28). The number of carbonyl (C=O) groups is 1. The van der Waals surface area contributed by atoms with Gasteiger partial charge in [0.1, 0.15) is 17.3 Å². The molecule has 0 aliphatic rings. The highest BCUT2D eigenvalue weighted by atomic mass is 32.2. The summed E-state index contributed by atoms with van der Waals surface area (Å²) in [6.45, 7) is 1.79. The molecule has 1 amide bonds. The number of phenolic OH excluding ortho intramolecular Hbond substituents is 1. The van der Waals surface area contributed by atoms with E-state index in [9.17, 15) is 14.3 Å². The van der Waals surface area contributed by atoms with Gasteiger partial charge in [0.25, 0.3) is 5.91 Å². The second-order valence-electron chi connectivity index (χ2n) is 6.38. The van der Waals surface area contributed by atoms with Crippen LogP contribution in [0.5, 0.6) is 5.75 Å². The van der Waals surface area contributed by atoms with E-state index in [1.165, 1.54) is 35.2 Å². The number of benzene rings is 2. The number of carbonyl (C=O) groups excluding carboxylic acids is 1. The lowest BCUT2D eigenvalue weighted by Crippen LogP contribution is -2.12. The van der Waals surface area contributed by atoms with Gasteiger partial charge >= 0.3 is 0 Å². The summed E-state index contributed by atoms with van der Waals surface area (Å²) in [6.07, 6.45) is 0. The molecular weight excluding hydrogens is 425 g/mol. The third kappa shape index (κ3) is 4.50. The summed E-state index contributed by atoms with van der Waals surface area (Å²) in [5, 5.41) is 28.1. The van der Waals surface area contributed by atoms with Gasteiger partial charge in [0, 0.05) is 11.3 Å². The van der Waals surface area contributed by atoms with Crippen molar-refractivity contribution in [3.8, 4) is 17.0 Å². The van der Waals surface area contributed by atoms with E-state index < -0.39 is 5.91 Å². The number of nitrogens with zero attached hydrogens (tertiary/aromatic N) is 3. The molecule has 152 valence electrons. The number of thioether (sulfide) groups is 1. The number of hydrogen-bond acceptors (Lipinski definition) is 7. The van der Waals surface area contributed by atoms with E-state index >= 15 is 0 Å². The molecule has 0 saturated heterocycles. The van der Waals surface area contributed by atoms with E-state index in [4.69, 9.17) is 0 Å². The Morgan fingerprint density at radius 2 is 2.03 bits per heavy atom. The normalized spacial score (nSPS) is 10.9. The Morgan fingerprint density at radius 1 is 1.23 bits per heavy atom. The molecule has 10 heteroatoms. The van der Waals surface area contributed by atoms with Crippen LogP contribution >= 0.6 is 23.1 Å². The minimum absolute atomic E-state index is 0.128. The first kappa shape index (κ1) is 20.0. The molecule has 0 fully saturated rings. The number of nitrogens with one attached hydrogen (secondary N) is 2. The van der Waals surface area contributed by atoms with E-state index in [1.54, 1.807) is 37.3 Å². The number of aryl methyl sites for hydroxylation is 1. The van der Waals surface area contributed by atoms with Crippen LogP contribution in [0.1, 0.15) is 21.6 Å². The zero-order valence-electron chi connectivity index (χ0n) is 15.7. The number of amides is 1. The second kappa shape index (κ2) is 8.64. The number of rotatable bonds is 6. The zero-order valence-corrected chi connectivity index (χ0v) is 17.4. The molecule has 0 radical (unpaired) electrons. The summed E-state index contributed by atoms with van der Waals surface area (Å²) < 4.78 is 13.6. The van der Waals surface area contributed by atoms with Crippen LogP contribution < -0.4 is 5.32 Å². The predicted octanol–water partition coefficient (Wildman–Crippen LogP) is 4.63.